The van der Waals surface area contributed by atoms with Gasteiger partial charge in [0.2, 0.25) is 0 Å². The Morgan fingerprint density at radius 3 is 2.39 bits per heavy atom. The minimum Gasteiger partial charge on any atom is -0.496 e. The molecule has 9 heteroatoms. The van der Waals surface area contributed by atoms with Gasteiger partial charge in [-0.2, -0.15) is 0 Å². The van der Waals surface area contributed by atoms with E-state index < -0.39 is 35.5 Å². The Kier molecular flexibility index (Phi) is 8.48. The molecule has 4 rings (SSSR count). The van der Waals surface area contributed by atoms with Crippen LogP contribution in [0, 0.1) is 5.92 Å². The van der Waals surface area contributed by atoms with Gasteiger partial charge in [-0.25, -0.2) is 4.79 Å². The molecule has 2 aromatic rings. The molecule has 0 radical (unpaired) electrons. The van der Waals surface area contributed by atoms with Crippen LogP contribution in [0.15, 0.2) is 65.0 Å². The lowest BCUT2D eigenvalue weighted by molar-refractivity contribution is -0.152. The van der Waals surface area contributed by atoms with Gasteiger partial charge in [0.25, 0.3) is 0 Å². The topological polar surface area (TPSA) is 90.9 Å². The fourth-order valence-corrected chi connectivity index (χ4v) is 5.85. The minimum absolute atomic E-state index is 0.116. The molecule has 0 saturated heterocycles. The highest BCUT2D eigenvalue weighted by Gasteiger charge is 2.50. The third kappa shape index (κ3) is 5.05. The Hall–Kier alpha value is -3.29. The number of carbonyl (C=O) groups excluding carboxylic acids is 3. The van der Waals surface area contributed by atoms with Crippen molar-refractivity contribution in [2.45, 2.75) is 39.0 Å². The Labute approximate surface area is 231 Å². The summed E-state index contributed by atoms with van der Waals surface area (Å²) < 4.78 is 16.3. The van der Waals surface area contributed by atoms with E-state index in [0.717, 1.165) is 0 Å². The van der Waals surface area contributed by atoms with Crippen molar-refractivity contribution in [3.63, 3.8) is 0 Å². The first-order valence-electron chi connectivity index (χ1n) is 12.4. The normalized spacial score (nSPS) is 21.0. The van der Waals surface area contributed by atoms with Crippen LogP contribution in [0.2, 0.25) is 10.0 Å². The second-order valence-electron chi connectivity index (χ2n) is 9.02. The number of esters is 2. The van der Waals surface area contributed by atoms with Gasteiger partial charge in [-0.05, 0) is 56.5 Å². The van der Waals surface area contributed by atoms with E-state index in [-0.39, 0.29) is 29.4 Å². The zero-order valence-electron chi connectivity index (χ0n) is 21.6. The van der Waals surface area contributed by atoms with Crippen molar-refractivity contribution in [1.29, 1.82) is 0 Å². The third-order valence-corrected chi connectivity index (χ3v) is 7.43. The van der Waals surface area contributed by atoms with E-state index >= 15 is 0 Å². The van der Waals surface area contributed by atoms with Crippen LogP contribution in [0.25, 0.3) is 0 Å². The second kappa shape index (κ2) is 11.6. The standard InChI is InChI=1S/C29H29Cl2NO6/c1-5-37-28(34)23-15(3)32-21-14-19(17-9-7-8-10-22(17)36-4)25(29(35)38-6-2)27(33)26(21)24(23)18-12-11-16(30)13-20(18)31/h7-13,19,24-25,32H,5-6,14H2,1-4H3/t19-,24+,25-/m1/s1. The summed E-state index contributed by atoms with van der Waals surface area (Å²) in [5, 5.41) is 3.98. The number of halogens is 2. The monoisotopic (exact) mass is 557 g/mol. The summed E-state index contributed by atoms with van der Waals surface area (Å²) in [7, 11) is 1.55. The molecule has 38 heavy (non-hydrogen) atoms. The molecule has 2 aliphatic rings. The summed E-state index contributed by atoms with van der Waals surface area (Å²) in [6.45, 7) is 5.42. The number of benzene rings is 2. The molecule has 0 amide bonds. The number of para-hydroxylation sites is 1. The molecule has 0 aromatic heterocycles. The highest BCUT2D eigenvalue weighted by molar-refractivity contribution is 6.35. The maximum absolute atomic E-state index is 14.4. The third-order valence-electron chi connectivity index (χ3n) is 6.87. The molecule has 1 N–H and O–H groups in total. The number of ether oxygens (including phenoxy) is 3. The minimum atomic E-state index is -1.15. The van der Waals surface area contributed by atoms with Crippen molar-refractivity contribution in [3.8, 4) is 5.75 Å². The van der Waals surface area contributed by atoms with Crippen LogP contribution >= 0.6 is 23.2 Å². The summed E-state index contributed by atoms with van der Waals surface area (Å²) in [6, 6.07) is 12.2. The second-order valence-corrected chi connectivity index (χ2v) is 9.87. The van der Waals surface area contributed by atoms with E-state index in [4.69, 9.17) is 37.4 Å². The molecular formula is C29H29Cl2NO6. The lowest BCUT2D eigenvalue weighted by Crippen LogP contribution is -2.43. The van der Waals surface area contributed by atoms with Gasteiger partial charge in [-0.3, -0.25) is 9.59 Å². The van der Waals surface area contributed by atoms with Crippen molar-refractivity contribution in [2.24, 2.45) is 5.92 Å². The van der Waals surface area contributed by atoms with Crippen LogP contribution in [0.4, 0.5) is 0 Å². The molecule has 1 aliphatic carbocycles. The molecule has 0 fully saturated rings. The summed E-state index contributed by atoms with van der Waals surface area (Å²) >= 11 is 12.8. The largest absolute Gasteiger partial charge is 0.496 e. The molecule has 2 aromatic carbocycles. The van der Waals surface area contributed by atoms with E-state index in [1.807, 2.05) is 18.2 Å². The molecule has 0 bridgehead atoms. The number of rotatable bonds is 7. The first kappa shape index (κ1) is 27.7. The number of Topliss-reactive ketones (excluding diaryl/α,β-unsaturated/α-hetero) is 1. The molecule has 0 spiro atoms. The number of methoxy groups -OCH3 is 1. The molecular weight excluding hydrogens is 529 g/mol. The maximum Gasteiger partial charge on any atom is 0.336 e. The van der Waals surface area contributed by atoms with Gasteiger partial charge >= 0.3 is 11.9 Å². The number of hydrogen-bond donors (Lipinski definition) is 1. The van der Waals surface area contributed by atoms with E-state index in [2.05, 4.69) is 5.32 Å². The summed E-state index contributed by atoms with van der Waals surface area (Å²) in [4.78, 5) is 40.9. The Bertz CT molecular complexity index is 1350. The fraction of sp³-hybridized carbons (Fsp3) is 0.345. The number of carbonyl (C=O) groups is 3. The van der Waals surface area contributed by atoms with Gasteiger partial charge in [0.05, 0.1) is 25.9 Å². The van der Waals surface area contributed by atoms with Gasteiger partial charge in [-0.15, -0.1) is 0 Å². The van der Waals surface area contributed by atoms with Crippen molar-refractivity contribution < 1.29 is 28.6 Å². The van der Waals surface area contributed by atoms with Crippen LogP contribution < -0.4 is 10.1 Å². The highest BCUT2D eigenvalue weighted by Crippen LogP contribution is 2.50. The van der Waals surface area contributed by atoms with E-state index in [1.165, 1.54) is 0 Å². The van der Waals surface area contributed by atoms with Gasteiger partial charge in [0.1, 0.15) is 11.7 Å². The average Bonchev–Trinajstić information content (AvgIpc) is 2.88. The first-order chi connectivity index (χ1) is 18.2. The molecule has 7 nitrogen and oxygen atoms in total. The van der Waals surface area contributed by atoms with Crippen molar-refractivity contribution in [1.82, 2.24) is 5.32 Å². The number of ketones is 1. The van der Waals surface area contributed by atoms with Crippen LogP contribution in [-0.4, -0.2) is 38.0 Å². The highest BCUT2D eigenvalue weighted by atomic mass is 35.5. The lowest BCUT2D eigenvalue weighted by atomic mass is 9.67. The van der Waals surface area contributed by atoms with E-state index in [9.17, 15) is 14.4 Å². The van der Waals surface area contributed by atoms with Gasteiger partial charge < -0.3 is 19.5 Å². The van der Waals surface area contributed by atoms with Crippen molar-refractivity contribution in [3.05, 3.63) is 86.2 Å². The molecule has 0 saturated carbocycles. The predicted octanol–water partition coefficient (Wildman–Crippen LogP) is 5.72. The summed E-state index contributed by atoms with van der Waals surface area (Å²) in [5.74, 6) is -3.66. The van der Waals surface area contributed by atoms with Crippen LogP contribution in [0.3, 0.4) is 0 Å². The van der Waals surface area contributed by atoms with Crippen LogP contribution in [0.5, 0.6) is 5.75 Å². The molecule has 1 heterocycles. The van der Waals surface area contributed by atoms with Crippen molar-refractivity contribution >= 4 is 40.9 Å². The SMILES string of the molecule is CCOC(=O)C1=C(C)NC2=C(C(=O)[C@H](C(=O)OCC)[C@@H](c3ccccc3OC)C2)[C@H]1c1ccc(Cl)cc1Cl. The van der Waals surface area contributed by atoms with E-state index in [1.54, 1.807) is 52.1 Å². The molecule has 3 atom stereocenters. The maximum atomic E-state index is 14.4. The Balaban J connectivity index is 1.95. The number of nitrogens with one attached hydrogen (secondary N) is 1. The fourth-order valence-electron chi connectivity index (χ4n) is 5.33. The lowest BCUT2D eigenvalue weighted by Gasteiger charge is -2.39. The number of dihydropyridines is 1. The quantitative estimate of drug-likeness (QED) is 0.344. The number of hydrogen-bond acceptors (Lipinski definition) is 7. The zero-order valence-corrected chi connectivity index (χ0v) is 23.1. The molecule has 0 unspecified atom stereocenters. The average molecular weight is 558 g/mol. The van der Waals surface area contributed by atoms with Gasteiger partial charge in [0, 0.05) is 38.8 Å². The number of allylic oxidation sites excluding steroid dienone is 3. The van der Waals surface area contributed by atoms with Crippen LogP contribution in [-0.2, 0) is 23.9 Å². The first-order valence-corrected chi connectivity index (χ1v) is 13.2. The van der Waals surface area contributed by atoms with Gasteiger partial charge in [-0.1, -0.05) is 47.5 Å². The van der Waals surface area contributed by atoms with E-state index in [0.29, 0.717) is 39.7 Å². The smallest absolute Gasteiger partial charge is 0.336 e. The van der Waals surface area contributed by atoms with Gasteiger partial charge in [0.15, 0.2) is 5.78 Å². The summed E-state index contributed by atoms with van der Waals surface area (Å²) in [6.07, 6.45) is 0.306. The molecule has 1 aliphatic heterocycles. The Morgan fingerprint density at radius 2 is 1.74 bits per heavy atom. The van der Waals surface area contributed by atoms with Crippen molar-refractivity contribution in [2.75, 3.05) is 20.3 Å². The zero-order chi connectivity index (χ0) is 27.6. The predicted molar refractivity (Wildman–Crippen MR) is 144 cm³/mol. The molecule has 200 valence electrons. The van der Waals surface area contributed by atoms with Crippen LogP contribution in [0.1, 0.15) is 50.2 Å². The summed E-state index contributed by atoms with van der Waals surface area (Å²) in [5.41, 5.74) is 2.91. The Morgan fingerprint density at radius 1 is 1.03 bits per heavy atom.